The fourth-order valence-electron chi connectivity index (χ4n) is 2.43. The second-order valence-corrected chi connectivity index (χ2v) is 5.56. The van der Waals surface area contributed by atoms with Crippen LogP contribution in [0.4, 0.5) is 0 Å². The Morgan fingerprint density at radius 2 is 2.00 bits per heavy atom. The molecule has 2 heterocycles. The average Bonchev–Trinajstić information content (AvgIpc) is 2.93. The third kappa shape index (κ3) is 3.48. The zero-order valence-corrected chi connectivity index (χ0v) is 13.5. The van der Waals surface area contributed by atoms with E-state index in [0.29, 0.717) is 16.5 Å². The van der Waals surface area contributed by atoms with Gasteiger partial charge in [-0.2, -0.15) is 0 Å². The van der Waals surface area contributed by atoms with Crippen molar-refractivity contribution in [3.63, 3.8) is 0 Å². The summed E-state index contributed by atoms with van der Waals surface area (Å²) in [5, 5.41) is 12.6. The Bertz CT molecular complexity index is 874. The van der Waals surface area contributed by atoms with Gasteiger partial charge in [-0.3, -0.25) is 9.20 Å². The molecule has 1 amide bonds. The summed E-state index contributed by atoms with van der Waals surface area (Å²) in [4.78, 5) is 16.4. The van der Waals surface area contributed by atoms with Crippen molar-refractivity contribution in [2.24, 2.45) is 0 Å². The molecule has 3 rings (SSSR count). The van der Waals surface area contributed by atoms with Gasteiger partial charge in [0.2, 0.25) is 5.91 Å². The molecule has 0 aliphatic carbocycles. The molecule has 2 aromatic heterocycles. The van der Waals surface area contributed by atoms with E-state index in [1.807, 2.05) is 54.7 Å². The number of halogens is 1. The molecule has 1 aromatic carbocycles. The second-order valence-electron chi connectivity index (χ2n) is 5.20. The molecular weight excluding hydrogens is 326 g/mol. The summed E-state index contributed by atoms with van der Waals surface area (Å²) < 4.78 is 1.80. The number of rotatable bonds is 5. The van der Waals surface area contributed by atoms with Gasteiger partial charge in [-0.05, 0) is 23.8 Å². The van der Waals surface area contributed by atoms with E-state index in [0.717, 1.165) is 5.56 Å². The Labute approximate surface area is 144 Å². The van der Waals surface area contributed by atoms with E-state index in [-0.39, 0.29) is 12.5 Å². The molecule has 0 radical (unpaired) electrons. The van der Waals surface area contributed by atoms with Crippen molar-refractivity contribution in [1.29, 1.82) is 0 Å². The molecule has 3 aromatic rings. The maximum absolute atomic E-state index is 12.1. The lowest BCUT2D eigenvalue weighted by Crippen LogP contribution is -2.29. The monoisotopic (exact) mass is 341 g/mol. The SMILES string of the molecule is O=C(/C=C/c1c(Cl)nc2ccccn12)N[C@H](CO)c1ccccc1. The quantitative estimate of drug-likeness (QED) is 0.701. The molecule has 0 spiro atoms. The van der Waals surface area contributed by atoms with Crippen molar-refractivity contribution in [3.05, 3.63) is 77.2 Å². The molecule has 0 aliphatic rings. The zero-order valence-electron chi connectivity index (χ0n) is 12.8. The van der Waals surface area contributed by atoms with Crippen molar-refractivity contribution in [2.75, 3.05) is 6.61 Å². The van der Waals surface area contributed by atoms with Crippen LogP contribution in [0.15, 0.2) is 60.8 Å². The van der Waals surface area contributed by atoms with Crippen LogP contribution in [0.25, 0.3) is 11.7 Å². The third-order valence-electron chi connectivity index (χ3n) is 3.62. The Morgan fingerprint density at radius 3 is 2.75 bits per heavy atom. The van der Waals surface area contributed by atoms with Crippen LogP contribution >= 0.6 is 11.6 Å². The van der Waals surface area contributed by atoms with Gasteiger partial charge in [0.25, 0.3) is 0 Å². The predicted octanol–water partition coefficient (Wildman–Crippen LogP) is 2.85. The number of carbonyl (C=O) groups excluding carboxylic acids is 1. The highest BCUT2D eigenvalue weighted by Gasteiger charge is 2.12. The largest absolute Gasteiger partial charge is 0.394 e. The minimum atomic E-state index is -0.457. The number of amides is 1. The Kier molecular flexibility index (Phi) is 4.93. The Hall–Kier alpha value is -2.63. The number of aromatic nitrogens is 2. The molecular formula is C18H16ClN3O2. The van der Waals surface area contributed by atoms with Gasteiger partial charge in [-0.25, -0.2) is 4.98 Å². The Morgan fingerprint density at radius 1 is 1.25 bits per heavy atom. The number of aliphatic hydroxyl groups excluding tert-OH is 1. The average molecular weight is 342 g/mol. The van der Waals surface area contributed by atoms with Gasteiger partial charge in [-0.15, -0.1) is 0 Å². The molecule has 0 unspecified atom stereocenters. The molecule has 0 bridgehead atoms. The van der Waals surface area contributed by atoms with Crippen LogP contribution in [-0.4, -0.2) is 27.0 Å². The highest BCUT2D eigenvalue weighted by molar-refractivity contribution is 6.31. The van der Waals surface area contributed by atoms with Crippen LogP contribution in [0.5, 0.6) is 0 Å². The van der Waals surface area contributed by atoms with Gasteiger partial charge >= 0.3 is 0 Å². The van der Waals surface area contributed by atoms with E-state index in [4.69, 9.17) is 11.6 Å². The maximum Gasteiger partial charge on any atom is 0.244 e. The molecule has 0 saturated heterocycles. The van der Waals surface area contributed by atoms with Crippen molar-refractivity contribution in [1.82, 2.24) is 14.7 Å². The lowest BCUT2D eigenvalue weighted by atomic mass is 10.1. The third-order valence-corrected chi connectivity index (χ3v) is 3.89. The summed E-state index contributed by atoms with van der Waals surface area (Å²) in [5.41, 5.74) is 2.18. The summed E-state index contributed by atoms with van der Waals surface area (Å²) >= 11 is 6.13. The van der Waals surface area contributed by atoms with Gasteiger partial charge in [0.05, 0.1) is 18.3 Å². The molecule has 0 saturated carbocycles. The lowest BCUT2D eigenvalue weighted by Gasteiger charge is -2.15. The lowest BCUT2D eigenvalue weighted by molar-refractivity contribution is -0.117. The molecule has 0 fully saturated rings. The molecule has 2 N–H and O–H groups in total. The van der Waals surface area contributed by atoms with Crippen molar-refractivity contribution >= 4 is 29.2 Å². The van der Waals surface area contributed by atoms with Gasteiger partial charge in [0, 0.05) is 12.3 Å². The van der Waals surface area contributed by atoms with Gasteiger partial charge in [-0.1, -0.05) is 48.0 Å². The number of benzene rings is 1. The summed E-state index contributed by atoms with van der Waals surface area (Å²) in [6.45, 7) is -0.181. The second kappa shape index (κ2) is 7.29. The minimum absolute atomic E-state index is 0.181. The minimum Gasteiger partial charge on any atom is -0.394 e. The van der Waals surface area contributed by atoms with Crippen LogP contribution in [0, 0.1) is 0 Å². The topological polar surface area (TPSA) is 66.6 Å². The summed E-state index contributed by atoms with van der Waals surface area (Å²) in [6, 6.07) is 14.4. The van der Waals surface area contributed by atoms with E-state index < -0.39 is 6.04 Å². The number of hydrogen-bond donors (Lipinski definition) is 2. The summed E-state index contributed by atoms with van der Waals surface area (Å²) in [7, 11) is 0. The van der Waals surface area contributed by atoms with E-state index in [1.165, 1.54) is 6.08 Å². The molecule has 24 heavy (non-hydrogen) atoms. The van der Waals surface area contributed by atoms with Crippen LogP contribution < -0.4 is 5.32 Å². The number of nitrogens with one attached hydrogen (secondary N) is 1. The number of carbonyl (C=O) groups is 1. The molecule has 0 aliphatic heterocycles. The zero-order chi connectivity index (χ0) is 16.9. The Balaban J connectivity index is 1.76. The number of aliphatic hydroxyl groups is 1. The number of fused-ring (bicyclic) bond motifs is 1. The predicted molar refractivity (Wildman–Crippen MR) is 93.6 cm³/mol. The first-order valence-electron chi connectivity index (χ1n) is 7.46. The van der Waals surface area contributed by atoms with Crippen molar-refractivity contribution in [2.45, 2.75) is 6.04 Å². The van der Waals surface area contributed by atoms with E-state index >= 15 is 0 Å². The first kappa shape index (κ1) is 16.2. The highest BCUT2D eigenvalue weighted by atomic mass is 35.5. The fourth-order valence-corrected chi connectivity index (χ4v) is 2.67. The number of hydrogen-bond acceptors (Lipinski definition) is 3. The van der Waals surface area contributed by atoms with E-state index in [9.17, 15) is 9.90 Å². The number of imidazole rings is 1. The fraction of sp³-hybridized carbons (Fsp3) is 0.111. The van der Waals surface area contributed by atoms with Crippen LogP contribution in [0.1, 0.15) is 17.3 Å². The van der Waals surface area contributed by atoms with Crippen LogP contribution in [0.3, 0.4) is 0 Å². The highest BCUT2D eigenvalue weighted by Crippen LogP contribution is 2.19. The number of nitrogens with zero attached hydrogens (tertiary/aromatic N) is 2. The summed E-state index contributed by atoms with van der Waals surface area (Å²) in [5.74, 6) is -0.320. The first-order valence-corrected chi connectivity index (χ1v) is 7.84. The molecule has 6 heteroatoms. The molecule has 5 nitrogen and oxygen atoms in total. The van der Waals surface area contributed by atoms with E-state index in [1.54, 1.807) is 10.5 Å². The maximum atomic E-state index is 12.1. The molecule has 122 valence electrons. The summed E-state index contributed by atoms with van der Waals surface area (Å²) in [6.07, 6.45) is 4.82. The van der Waals surface area contributed by atoms with Crippen molar-refractivity contribution < 1.29 is 9.90 Å². The van der Waals surface area contributed by atoms with Crippen molar-refractivity contribution in [3.8, 4) is 0 Å². The van der Waals surface area contributed by atoms with Crippen LogP contribution in [0.2, 0.25) is 5.15 Å². The first-order chi connectivity index (χ1) is 11.7. The van der Waals surface area contributed by atoms with Gasteiger partial charge in [0.1, 0.15) is 5.65 Å². The van der Waals surface area contributed by atoms with Gasteiger partial charge in [0.15, 0.2) is 5.15 Å². The van der Waals surface area contributed by atoms with E-state index in [2.05, 4.69) is 10.3 Å². The normalized spacial score (nSPS) is 12.6. The molecule has 1 atom stereocenters. The van der Waals surface area contributed by atoms with Crippen LogP contribution in [-0.2, 0) is 4.79 Å². The number of pyridine rings is 1. The van der Waals surface area contributed by atoms with Gasteiger partial charge < -0.3 is 10.4 Å². The smallest absolute Gasteiger partial charge is 0.244 e. The standard InChI is InChI=1S/C18H16ClN3O2/c19-18-15(22-11-5-4-8-16(22)21-18)9-10-17(24)20-14(12-23)13-6-2-1-3-7-13/h1-11,14,23H,12H2,(H,20,24)/b10-9+/t14-/m1/s1.